The molecule has 3 heterocycles. The molecule has 5 N–H and O–H groups in total. The Bertz CT molecular complexity index is 1300. The maximum absolute atomic E-state index is 10.8. The van der Waals surface area contributed by atoms with Gasteiger partial charge < -0.3 is 30.6 Å². The number of aliphatic hydroxyl groups is 2. The van der Waals surface area contributed by atoms with Crippen molar-refractivity contribution >= 4 is 45.2 Å². The standard InChI is InChI=1S/C22H23ClN6O3/c1-25-21-14-4-5-29(22(14)27-10-26-21)17-7-12(18(30)19(17)31)9-32-13-3-2-11-6-15(23)20(24)28-16(11)8-13/h2-6,8,10,12,17-19,30-31H,7,9H2,1H3,(H2,24,28)(H,25,26,27)/t12-,17-,18-,19+/m1/s1. The van der Waals surface area contributed by atoms with Gasteiger partial charge in [-0.3, -0.25) is 0 Å². The molecule has 10 heteroatoms. The van der Waals surface area contributed by atoms with Gasteiger partial charge in [0.15, 0.2) is 0 Å². The molecule has 0 radical (unpaired) electrons. The molecule has 1 aromatic carbocycles. The number of nitrogens with two attached hydrogens (primary N) is 1. The molecule has 0 saturated heterocycles. The fourth-order valence-corrected chi connectivity index (χ4v) is 4.57. The summed E-state index contributed by atoms with van der Waals surface area (Å²) in [5.74, 6) is 1.33. The smallest absolute Gasteiger partial charge is 0.145 e. The molecule has 1 fully saturated rings. The van der Waals surface area contributed by atoms with Crippen molar-refractivity contribution in [2.75, 3.05) is 24.7 Å². The van der Waals surface area contributed by atoms with Crippen LogP contribution in [0.15, 0.2) is 42.9 Å². The lowest BCUT2D eigenvalue weighted by Crippen LogP contribution is -2.31. The second kappa shape index (κ2) is 8.09. The first-order valence-corrected chi connectivity index (χ1v) is 10.7. The van der Waals surface area contributed by atoms with Crippen LogP contribution in [0.1, 0.15) is 12.5 Å². The third-order valence-electron chi connectivity index (χ3n) is 6.11. The van der Waals surface area contributed by atoms with Crippen molar-refractivity contribution in [2.45, 2.75) is 24.7 Å². The van der Waals surface area contributed by atoms with Crippen molar-refractivity contribution in [1.82, 2.24) is 19.5 Å². The van der Waals surface area contributed by atoms with Gasteiger partial charge in [-0.25, -0.2) is 15.0 Å². The van der Waals surface area contributed by atoms with Crippen molar-refractivity contribution in [3.63, 3.8) is 0 Å². The summed E-state index contributed by atoms with van der Waals surface area (Å²) in [6, 6.07) is 8.81. The van der Waals surface area contributed by atoms with Gasteiger partial charge in [-0.2, -0.15) is 0 Å². The molecule has 1 aliphatic rings. The Balaban J connectivity index is 1.34. The number of nitrogens with zero attached hydrogens (tertiary/aromatic N) is 4. The van der Waals surface area contributed by atoms with Gasteiger partial charge in [0.2, 0.25) is 0 Å². The number of hydrogen-bond acceptors (Lipinski definition) is 8. The largest absolute Gasteiger partial charge is 0.493 e. The summed E-state index contributed by atoms with van der Waals surface area (Å²) in [6.07, 6.45) is 2.04. The highest BCUT2D eigenvalue weighted by Gasteiger charge is 2.43. The van der Waals surface area contributed by atoms with E-state index in [1.165, 1.54) is 6.33 Å². The summed E-state index contributed by atoms with van der Waals surface area (Å²) in [7, 11) is 1.80. The molecule has 4 aromatic rings. The van der Waals surface area contributed by atoms with E-state index < -0.39 is 12.2 Å². The van der Waals surface area contributed by atoms with Gasteiger partial charge in [0.1, 0.15) is 35.5 Å². The number of anilines is 2. The monoisotopic (exact) mass is 454 g/mol. The molecule has 0 aliphatic heterocycles. The van der Waals surface area contributed by atoms with Gasteiger partial charge in [-0.1, -0.05) is 11.6 Å². The average Bonchev–Trinajstić information content (AvgIpc) is 3.34. The quantitative estimate of drug-likeness (QED) is 0.362. The average molecular weight is 455 g/mol. The van der Waals surface area contributed by atoms with Crippen LogP contribution < -0.4 is 15.8 Å². The number of aromatic nitrogens is 4. The van der Waals surface area contributed by atoms with Crippen molar-refractivity contribution in [2.24, 2.45) is 5.92 Å². The molecule has 9 nitrogen and oxygen atoms in total. The lowest BCUT2D eigenvalue weighted by molar-refractivity contribution is -0.00141. The first-order valence-electron chi connectivity index (χ1n) is 10.3. The van der Waals surface area contributed by atoms with Gasteiger partial charge in [-0.05, 0) is 30.7 Å². The number of fused-ring (bicyclic) bond motifs is 2. The Morgan fingerprint density at radius 1 is 1.22 bits per heavy atom. The SMILES string of the molecule is CNc1ncnc2c1ccn2[C@@H]1C[C@H](COc2ccc3cc(Cl)c(N)nc3c2)[C@@H](O)[C@H]1O. The number of halogens is 1. The summed E-state index contributed by atoms with van der Waals surface area (Å²) < 4.78 is 7.85. The molecule has 4 atom stereocenters. The number of ether oxygens (including phenoxy) is 1. The molecule has 32 heavy (non-hydrogen) atoms. The highest BCUT2D eigenvalue weighted by atomic mass is 35.5. The van der Waals surface area contributed by atoms with Crippen LogP contribution in [0.3, 0.4) is 0 Å². The van der Waals surface area contributed by atoms with E-state index in [2.05, 4.69) is 20.3 Å². The molecule has 1 aliphatic carbocycles. The van der Waals surface area contributed by atoms with E-state index in [1.807, 2.05) is 29.0 Å². The molecule has 0 spiro atoms. The van der Waals surface area contributed by atoms with Crippen LogP contribution in [0.4, 0.5) is 11.6 Å². The third-order valence-corrected chi connectivity index (χ3v) is 6.41. The van der Waals surface area contributed by atoms with E-state index in [4.69, 9.17) is 22.1 Å². The molecule has 5 rings (SSSR count). The van der Waals surface area contributed by atoms with Crippen LogP contribution in [0, 0.1) is 5.92 Å². The van der Waals surface area contributed by atoms with Crippen LogP contribution in [0.5, 0.6) is 5.75 Å². The Morgan fingerprint density at radius 2 is 2.06 bits per heavy atom. The van der Waals surface area contributed by atoms with Crippen LogP contribution in [-0.4, -0.2) is 55.6 Å². The number of nitrogens with one attached hydrogen (secondary N) is 1. The Labute approximate surface area is 188 Å². The predicted molar refractivity (Wildman–Crippen MR) is 123 cm³/mol. The summed E-state index contributed by atoms with van der Waals surface area (Å²) in [5, 5.41) is 26.6. The Kier molecular flexibility index (Phi) is 5.24. The van der Waals surface area contributed by atoms with E-state index in [9.17, 15) is 10.2 Å². The topological polar surface area (TPSA) is 131 Å². The van der Waals surface area contributed by atoms with Crippen molar-refractivity contribution in [3.8, 4) is 5.75 Å². The van der Waals surface area contributed by atoms with Gasteiger partial charge in [0.25, 0.3) is 0 Å². The van der Waals surface area contributed by atoms with Crippen molar-refractivity contribution in [1.29, 1.82) is 0 Å². The van der Waals surface area contributed by atoms with Gasteiger partial charge in [0, 0.05) is 30.6 Å². The molecule has 0 bridgehead atoms. The minimum Gasteiger partial charge on any atom is -0.493 e. The number of rotatable bonds is 5. The minimum atomic E-state index is -0.938. The first-order chi connectivity index (χ1) is 15.5. The molecule has 166 valence electrons. The van der Waals surface area contributed by atoms with E-state index in [-0.39, 0.29) is 24.4 Å². The number of benzene rings is 1. The fourth-order valence-electron chi connectivity index (χ4n) is 4.41. The van der Waals surface area contributed by atoms with Crippen LogP contribution in [0.25, 0.3) is 21.9 Å². The zero-order chi connectivity index (χ0) is 22.4. The maximum atomic E-state index is 10.8. The second-order valence-electron chi connectivity index (χ2n) is 8.00. The van der Waals surface area contributed by atoms with Crippen molar-refractivity contribution in [3.05, 3.63) is 47.9 Å². The molecular formula is C22H23ClN6O3. The minimum absolute atomic E-state index is 0.249. The summed E-state index contributed by atoms with van der Waals surface area (Å²) in [5.41, 5.74) is 7.18. The second-order valence-corrected chi connectivity index (χ2v) is 8.41. The molecule has 1 saturated carbocycles. The lowest BCUT2D eigenvalue weighted by atomic mass is 10.1. The van der Waals surface area contributed by atoms with Crippen molar-refractivity contribution < 1.29 is 14.9 Å². The highest BCUT2D eigenvalue weighted by molar-refractivity contribution is 6.33. The van der Waals surface area contributed by atoms with E-state index in [0.717, 1.165) is 10.8 Å². The van der Waals surface area contributed by atoms with Gasteiger partial charge >= 0.3 is 0 Å². The molecule has 3 aromatic heterocycles. The maximum Gasteiger partial charge on any atom is 0.145 e. The number of pyridine rings is 1. The number of aliphatic hydroxyl groups excluding tert-OH is 2. The van der Waals surface area contributed by atoms with E-state index in [1.54, 1.807) is 19.2 Å². The normalized spacial score (nSPS) is 23.1. The highest BCUT2D eigenvalue weighted by Crippen LogP contribution is 2.38. The molecule has 0 unspecified atom stereocenters. The van der Waals surface area contributed by atoms with Crippen LogP contribution >= 0.6 is 11.6 Å². The summed E-state index contributed by atoms with van der Waals surface area (Å²) >= 11 is 6.03. The number of nitrogen functional groups attached to an aromatic ring is 1. The lowest BCUT2D eigenvalue weighted by Gasteiger charge is -2.19. The van der Waals surface area contributed by atoms with Crippen LogP contribution in [0.2, 0.25) is 5.02 Å². The summed E-state index contributed by atoms with van der Waals surface area (Å²) in [4.78, 5) is 12.9. The fraction of sp³-hybridized carbons (Fsp3) is 0.318. The van der Waals surface area contributed by atoms with Crippen LogP contribution in [-0.2, 0) is 0 Å². The molecule has 0 amide bonds. The van der Waals surface area contributed by atoms with Gasteiger partial charge in [0.05, 0.1) is 34.7 Å². The Morgan fingerprint density at radius 3 is 2.88 bits per heavy atom. The molecular weight excluding hydrogens is 432 g/mol. The summed E-state index contributed by atoms with van der Waals surface area (Å²) in [6.45, 7) is 0.249. The van der Waals surface area contributed by atoms with Gasteiger partial charge in [-0.15, -0.1) is 0 Å². The van der Waals surface area contributed by atoms with E-state index in [0.29, 0.717) is 34.2 Å². The van der Waals surface area contributed by atoms with E-state index >= 15 is 0 Å². The Hall–Kier alpha value is -3.14. The predicted octanol–water partition coefficient (Wildman–Crippen LogP) is 2.62. The third kappa shape index (κ3) is 3.48. The number of hydrogen-bond donors (Lipinski definition) is 4. The zero-order valence-electron chi connectivity index (χ0n) is 17.3. The first kappa shape index (κ1) is 20.7. The zero-order valence-corrected chi connectivity index (χ0v) is 18.1.